The van der Waals surface area contributed by atoms with Gasteiger partial charge in [0, 0.05) is 17.5 Å². The highest BCUT2D eigenvalue weighted by atomic mass is 32.2. The summed E-state index contributed by atoms with van der Waals surface area (Å²) in [5.74, 6) is 1.16. The van der Waals surface area contributed by atoms with Crippen LogP contribution >= 0.6 is 0 Å². The number of hydrogen-bond donors (Lipinski definition) is 2. The Morgan fingerprint density at radius 2 is 1.79 bits per heavy atom. The molecule has 0 spiro atoms. The van der Waals surface area contributed by atoms with Crippen LogP contribution < -0.4 is 5.48 Å². The molecule has 0 saturated heterocycles. The molecule has 4 aromatic rings. The van der Waals surface area contributed by atoms with E-state index in [1.807, 2.05) is 47.0 Å². The molecule has 0 atom stereocenters. The van der Waals surface area contributed by atoms with Crippen LogP contribution in [0.5, 0.6) is 0 Å². The number of aryl methyl sites for hydroxylation is 1. The molecule has 0 saturated carbocycles. The lowest BCUT2D eigenvalue weighted by atomic mass is 9.96. The Kier molecular flexibility index (Phi) is 6.46. The van der Waals surface area contributed by atoms with Crippen molar-refractivity contribution in [3.8, 4) is 22.6 Å². The highest BCUT2D eigenvalue weighted by molar-refractivity contribution is 7.86. The zero-order valence-corrected chi connectivity index (χ0v) is 20.9. The van der Waals surface area contributed by atoms with Crippen molar-refractivity contribution < 1.29 is 12.7 Å². The van der Waals surface area contributed by atoms with Crippen LogP contribution in [0.3, 0.4) is 0 Å². The summed E-state index contributed by atoms with van der Waals surface area (Å²) >= 11 is 0. The lowest BCUT2D eigenvalue weighted by Gasteiger charge is -2.14. The third-order valence-corrected chi connectivity index (χ3v) is 5.72. The van der Waals surface area contributed by atoms with Gasteiger partial charge in [0.1, 0.15) is 11.3 Å². The number of aromatic amines is 1. The number of nitrogens with zero attached hydrogens (tertiary/aromatic N) is 4. The number of benzene rings is 1. The average Bonchev–Trinajstić information content (AvgIpc) is 3.38. The number of rotatable bonds is 8. The van der Waals surface area contributed by atoms with Gasteiger partial charge in [-0.1, -0.05) is 64.4 Å². The lowest BCUT2D eigenvalue weighted by Crippen LogP contribution is -2.13. The van der Waals surface area contributed by atoms with Crippen LogP contribution in [-0.4, -0.2) is 39.2 Å². The molecule has 2 N–H and O–H groups in total. The van der Waals surface area contributed by atoms with E-state index in [1.54, 1.807) is 0 Å². The Hall–Kier alpha value is -3.24. The van der Waals surface area contributed by atoms with Crippen LogP contribution in [0.15, 0.2) is 42.5 Å². The van der Waals surface area contributed by atoms with Crippen LogP contribution in [0.4, 0.5) is 5.95 Å². The molecule has 10 heteroatoms. The molecule has 0 unspecified atom stereocenters. The normalized spacial score (nSPS) is 12.4. The van der Waals surface area contributed by atoms with Crippen molar-refractivity contribution in [2.45, 2.75) is 52.5 Å². The number of unbranched alkanes of at least 4 members (excludes halogenated alkanes) is 1. The molecule has 0 bridgehead atoms. The first kappa shape index (κ1) is 23.9. The van der Waals surface area contributed by atoms with E-state index >= 15 is 0 Å². The van der Waals surface area contributed by atoms with Crippen molar-refractivity contribution in [2.24, 2.45) is 0 Å². The number of fused-ring (bicyclic) bond motifs is 1. The second kappa shape index (κ2) is 9.19. The van der Waals surface area contributed by atoms with Gasteiger partial charge < -0.3 is 4.98 Å². The highest BCUT2D eigenvalue weighted by Gasteiger charge is 2.24. The zero-order valence-electron chi connectivity index (χ0n) is 20.1. The molecule has 0 aliphatic carbocycles. The van der Waals surface area contributed by atoms with Gasteiger partial charge in [0.05, 0.1) is 23.3 Å². The fourth-order valence-electron chi connectivity index (χ4n) is 3.58. The van der Waals surface area contributed by atoms with Crippen LogP contribution in [-0.2, 0) is 26.4 Å². The summed E-state index contributed by atoms with van der Waals surface area (Å²) in [6.45, 7) is 9.03. The minimum Gasteiger partial charge on any atom is -0.340 e. The minimum atomic E-state index is -3.69. The molecule has 9 nitrogen and oxygen atoms in total. The quantitative estimate of drug-likeness (QED) is 0.344. The second-order valence-electron chi connectivity index (χ2n) is 9.29. The first-order valence-electron chi connectivity index (χ1n) is 11.2. The largest absolute Gasteiger partial charge is 0.340 e. The van der Waals surface area contributed by atoms with Gasteiger partial charge in [-0.15, -0.1) is 4.28 Å². The predicted molar refractivity (Wildman–Crippen MR) is 134 cm³/mol. The predicted octanol–water partition coefficient (Wildman–Crippen LogP) is 4.89. The molecule has 0 aliphatic rings. The third-order valence-electron chi connectivity index (χ3n) is 5.33. The van der Waals surface area contributed by atoms with Crippen molar-refractivity contribution in [3.63, 3.8) is 0 Å². The fraction of sp³-hybridized carbons (Fsp3) is 0.375. The average molecular weight is 483 g/mol. The number of hydrogen-bond acceptors (Lipinski definition) is 7. The van der Waals surface area contributed by atoms with Crippen molar-refractivity contribution in [3.05, 3.63) is 48.3 Å². The fourth-order valence-corrected chi connectivity index (χ4v) is 3.80. The van der Waals surface area contributed by atoms with E-state index in [-0.39, 0.29) is 5.41 Å². The van der Waals surface area contributed by atoms with Crippen LogP contribution in [0.1, 0.15) is 46.4 Å². The molecule has 4 rings (SSSR count). The monoisotopic (exact) mass is 482 g/mol. The zero-order chi connectivity index (χ0) is 24.5. The second-order valence-corrected chi connectivity index (χ2v) is 10.9. The van der Waals surface area contributed by atoms with Crippen molar-refractivity contribution in [2.75, 3.05) is 11.7 Å². The van der Waals surface area contributed by atoms with Crippen molar-refractivity contribution in [1.82, 2.24) is 24.5 Å². The van der Waals surface area contributed by atoms with Gasteiger partial charge in [0.25, 0.3) is 10.1 Å². The summed E-state index contributed by atoms with van der Waals surface area (Å²) in [6.07, 6.45) is 2.81. The van der Waals surface area contributed by atoms with E-state index in [2.05, 4.69) is 43.1 Å². The van der Waals surface area contributed by atoms with Gasteiger partial charge >= 0.3 is 0 Å². The van der Waals surface area contributed by atoms with Crippen LogP contribution in [0.25, 0.3) is 33.8 Å². The minimum absolute atomic E-state index is 0.172. The van der Waals surface area contributed by atoms with Crippen LogP contribution in [0.2, 0.25) is 0 Å². The summed E-state index contributed by atoms with van der Waals surface area (Å²) in [4.78, 5) is 17.8. The number of aromatic nitrogens is 5. The van der Waals surface area contributed by atoms with E-state index in [0.29, 0.717) is 23.7 Å². The number of nitrogens with one attached hydrogen (secondary N) is 2. The van der Waals surface area contributed by atoms with Gasteiger partial charge in [-0.3, -0.25) is 4.57 Å². The standard InChI is InChI=1S/C24H30N6O3S/c1-6-7-15-30-21-18(26-23(30)29-33-34(5,31)32)14-13-17(25-21)20-19(16-11-9-8-10-12-16)27-22(28-20)24(2,3)4/h8-14H,6-7,15H2,1-5H3,(H,26,29)(H,27,28). The highest BCUT2D eigenvalue weighted by Crippen LogP contribution is 2.33. The number of pyridine rings is 1. The van der Waals surface area contributed by atoms with E-state index in [0.717, 1.165) is 47.6 Å². The van der Waals surface area contributed by atoms with E-state index in [9.17, 15) is 8.42 Å². The van der Waals surface area contributed by atoms with Crippen LogP contribution in [0, 0.1) is 0 Å². The smallest absolute Gasteiger partial charge is 0.285 e. The topological polar surface area (TPSA) is 115 Å². The molecular formula is C24H30N6O3S. The maximum absolute atomic E-state index is 11.5. The molecule has 3 heterocycles. The van der Waals surface area contributed by atoms with Gasteiger partial charge in [-0.2, -0.15) is 8.42 Å². The first-order valence-corrected chi connectivity index (χ1v) is 13.1. The molecule has 0 radical (unpaired) electrons. The maximum Gasteiger partial charge on any atom is 0.285 e. The number of anilines is 1. The lowest BCUT2D eigenvalue weighted by molar-refractivity contribution is 0.387. The summed E-state index contributed by atoms with van der Waals surface area (Å²) in [5, 5.41) is 0. The maximum atomic E-state index is 11.5. The Labute approximate surface area is 199 Å². The summed E-state index contributed by atoms with van der Waals surface area (Å²) in [6, 6.07) is 13.8. The molecule has 3 aromatic heterocycles. The summed E-state index contributed by atoms with van der Waals surface area (Å²) in [7, 11) is -3.69. The van der Waals surface area contributed by atoms with Crippen molar-refractivity contribution in [1.29, 1.82) is 0 Å². The van der Waals surface area contributed by atoms with Gasteiger partial charge in [0.2, 0.25) is 5.95 Å². The first-order chi connectivity index (χ1) is 16.1. The van der Waals surface area contributed by atoms with Crippen molar-refractivity contribution >= 4 is 27.2 Å². The Balaban J connectivity index is 1.86. The van der Waals surface area contributed by atoms with E-state index in [1.165, 1.54) is 0 Å². The molecule has 0 amide bonds. The SMILES string of the molecule is CCCCn1c(NOS(C)(=O)=O)nc2ccc(-c3[nH]c(C(C)(C)C)nc3-c3ccccc3)nc21. The Morgan fingerprint density at radius 3 is 2.44 bits per heavy atom. The molecule has 1 aromatic carbocycles. The van der Waals surface area contributed by atoms with Gasteiger partial charge in [-0.05, 0) is 18.6 Å². The Bertz CT molecular complexity index is 1400. The molecular weight excluding hydrogens is 452 g/mol. The van der Waals surface area contributed by atoms with Gasteiger partial charge in [-0.25, -0.2) is 20.4 Å². The molecule has 0 aliphatic heterocycles. The Morgan fingerprint density at radius 1 is 1.06 bits per heavy atom. The van der Waals surface area contributed by atoms with Gasteiger partial charge in [0.15, 0.2) is 5.65 Å². The molecule has 180 valence electrons. The third kappa shape index (κ3) is 5.13. The summed E-state index contributed by atoms with van der Waals surface area (Å²) < 4.78 is 29.6. The molecule has 34 heavy (non-hydrogen) atoms. The number of imidazole rings is 2. The molecule has 0 fully saturated rings. The summed E-state index contributed by atoms with van der Waals surface area (Å²) in [5.41, 5.74) is 6.95. The van der Waals surface area contributed by atoms with E-state index in [4.69, 9.17) is 14.3 Å². The number of H-pyrrole nitrogens is 1. The van der Waals surface area contributed by atoms with E-state index < -0.39 is 10.1 Å².